The number of hydrogen-bond donors (Lipinski definition) is 0. The van der Waals surface area contributed by atoms with Crippen molar-refractivity contribution in [1.82, 2.24) is 19.1 Å². The molecule has 338 valence electrons. The van der Waals surface area contributed by atoms with Crippen LogP contribution >= 0.6 is 0 Å². The van der Waals surface area contributed by atoms with Gasteiger partial charge in [0.15, 0.2) is 0 Å². The first kappa shape index (κ1) is 41.2. The SMILES string of the molecule is c1ccc(N(c2ccccc2)c2ccc3c(c2)c2ccccc2n3-c2cc(-c3cc4cccnc4c4ncccc34)cc(-n3c4ccccc4c4cc(N(c5ccccc5)c5ccccc5)ccc43)c2)cc1. The third-order valence-corrected chi connectivity index (χ3v) is 14.1. The van der Waals surface area contributed by atoms with Crippen molar-refractivity contribution in [1.29, 1.82) is 0 Å². The molecule has 0 spiro atoms. The van der Waals surface area contributed by atoms with Crippen molar-refractivity contribution >= 4 is 99.5 Å². The molecule has 14 aromatic rings. The van der Waals surface area contributed by atoms with Crippen LogP contribution in [-0.4, -0.2) is 19.1 Å². The summed E-state index contributed by atoms with van der Waals surface area (Å²) in [5.41, 5.74) is 17.1. The highest BCUT2D eigenvalue weighted by Gasteiger charge is 2.22. The summed E-state index contributed by atoms with van der Waals surface area (Å²) >= 11 is 0. The van der Waals surface area contributed by atoms with Crippen LogP contribution in [0.15, 0.2) is 267 Å². The lowest BCUT2D eigenvalue weighted by Crippen LogP contribution is -2.09. The Balaban J connectivity index is 1.03. The molecule has 6 nitrogen and oxygen atoms in total. The first-order valence-corrected chi connectivity index (χ1v) is 24.4. The number of hydrogen-bond acceptors (Lipinski definition) is 4. The molecule has 0 radical (unpaired) electrons. The molecule has 10 aromatic carbocycles. The zero-order valence-corrected chi connectivity index (χ0v) is 39.1. The molecule has 0 atom stereocenters. The fraction of sp³-hybridized carbons (Fsp3) is 0. The van der Waals surface area contributed by atoms with Gasteiger partial charge in [-0.05, 0) is 145 Å². The zero-order chi connectivity index (χ0) is 47.5. The second kappa shape index (κ2) is 17.0. The van der Waals surface area contributed by atoms with E-state index in [9.17, 15) is 0 Å². The van der Waals surface area contributed by atoms with Gasteiger partial charge in [0.25, 0.3) is 0 Å². The Labute approximate surface area is 416 Å². The first-order chi connectivity index (χ1) is 35.7. The zero-order valence-electron chi connectivity index (χ0n) is 39.1. The van der Waals surface area contributed by atoms with Crippen LogP contribution < -0.4 is 9.80 Å². The van der Waals surface area contributed by atoms with Gasteiger partial charge in [0, 0.05) is 90.2 Å². The second-order valence-electron chi connectivity index (χ2n) is 18.3. The number of fused-ring (bicyclic) bond motifs is 9. The molecular weight excluding hydrogens is 877 g/mol. The average Bonchev–Trinajstić information content (AvgIpc) is 3.96. The van der Waals surface area contributed by atoms with Gasteiger partial charge in [-0.2, -0.15) is 0 Å². The van der Waals surface area contributed by atoms with Crippen LogP contribution in [0.4, 0.5) is 34.1 Å². The summed E-state index contributed by atoms with van der Waals surface area (Å²) in [5.74, 6) is 0. The summed E-state index contributed by atoms with van der Waals surface area (Å²) in [6, 6.07) is 91.7. The van der Waals surface area contributed by atoms with E-state index in [1.54, 1.807) is 0 Å². The normalized spacial score (nSPS) is 11.6. The molecule has 14 rings (SSSR count). The number of pyridine rings is 2. The highest BCUT2D eigenvalue weighted by atomic mass is 15.1. The van der Waals surface area contributed by atoms with Crippen molar-refractivity contribution in [2.75, 3.05) is 9.80 Å². The lowest BCUT2D eigenvalue weighted by molar-refractivity contribution is 1.13. The van der Waals surface area contributed by atoms with Gasteiger partial charge < -0.3 is 18.9 Å². The minimum atomic E-state index is 0.883. The number of nitrogens with zero attached hydrogens (tertiary/aromatic N) is 6. The Hall–Kier alpha value is -9.78. The van der Waals surface area contributed by atoms with Gasteiger partial charge >= 0.3 is 0 Å². The van der Waals surface area contributed by atoms with Gasteiger partial charge in [-0.3, -0.25) is 9.97 Å². The maximum Gasteiger partial charge on any atom is 0.0970 e. The fourth-order valence-electron chi connectivity index (χ4n) is 11.0. The molecule has 4 heterocycles. The van der Waals surface area contributed by atoms with Gasteiger partial charge in [0.2, 0.25) is 0 Å². The smallest absolute Gasteiger partial charge is 0.0970 e. The molecule has 4 aromatic heterocycles. The lowest BCUT2D eigenvalue weighted by Gasteiger charge is -2.25. The molecule has 6 heteroatoms. The van der Waals surface area contributed by atoms with E-state index in [-0.39, 0.29) is 0 Å². The van der Waals surface area contributed by atoms with Crippen LogP contribution in [0, 0.1) is 0 Å². The van der Waals surface area contributed by atoms with Gasteiger partial charge in [0.05, 0.1) is 33.1 Å². The van der Waals surface area contributed by atoms with E-state index in [1.807, 2.05) is 24.5 Å². The second-order valence-corrected chi connectivity index (χ2v) is 18.3. The third kappa shape index (κ3) is 6.80. The number of anilines is 6. The first-order valence-electron chi connectivity index (χ1n) is 24.4. The molecular formula is C66H44N6. The van der Waals surface area contributed by atoms with Crippen LogP contribution in [-0.2, 0) is 0 Å². The van der Waals surface area contributed by atoms with Crippen molar-refractivity contribution < 1.29 is 0 Å². The molecule has 0 aliphatic heterocycles. The third-order valence-electron chi connectivity index (χ3n) is 14.1. The van der Waals surface area contributed by atoms with Gasteiger partial charge in [-0.15, -0.1) is 0 Å². The maximum absolute atomic E-state index is 4.96. The number of aromatic nitrogens is 4. The van der Waals surface area contributed by atoms with Crippen LogP contribution in [0.1, 0.15) is 0 Å². The van der Waals surface area contributed by atoms with Crippen LogP contribution in [0.25, 0.3) is 87.9 Å². The summed E-state index contributed by atoms with van der Waals surface area (Å²) in [4.78, 5) is 14.5. The monoisotopic (exact) mass is 920 g/mol. The predicted molar refractivity (Wildman–Crippen MR) is 301 cm³/mol. The molecule has 0 bridgehead atoms. The fourth-order valence-corrected chi connectivity index (χ4v) is 11.0. The van der Waals surface area contributed by atoms with E-state index >= 15 is 0 Å². The molecule has 0 aliphatic carbocycles. The van der Waals surface area contributed by atoms with Gasteiger partial charge in [0.1, 0.15) is 0 Å². The standard InChI is InChI=1S/C66H44N6/c1-5-20-47(21-6-1)69(48-22-7-2-8-23-48)51-33-35-63-59(43-51)55-28-13-15-31-61(55)71(63)53-39-46(58-41-45-19-17-37-67-65(45)66-57(58)30-18-38-68-66)40-54(42-53)72-62-32-16-14-29-56(62)60-44-52(34-36-64(60)72)70(49-24-9-3-10-25-49)50-26-11-4-12-27-50/h1-44H. The molecule has 0 saturated heterocycles. The van der Waals surface area contributed by atoms with E-state index in [4.69, 9.17) is 9.97 Å². The Morgan fingerprint density at radius 3 is 1.17 bits per heavy atom. The van der Waals surface area contributed by atoms with E-state index in [1.165, 1.54) is 21.5 Å². The van der Waals surface area contributed by atoms with E-state index < -0.39 is 0 Å². The van der Waals surface area contributed by atoms with E-state index in [0.29, 0.717) is 0 Å². The minimum Gasteiger partial charge on any atom is -0.310 e. The van der Waals surface area contributed by atoms with Gasteiger partial charge in [-0.1, -0.05) is 121 Å². The Morgan fingerprint density at radius 2 is 0.681 bits per heavy atom. The summed E-state index contributed by atoms with van der Waals surface area (Å²) in [6.45, 7) is 0. The minimum absolute atomic E-state index is 0.883. The molecule has 72 heavy (non-hydrogen) atoms. The molecule has 0 fully saturated rings. The number of rotatable bonds is 9. The quantitative estimate of drug-likeness (QED) is 0.135. The Bertz CT molecular complexity index is 4040. The summed E-state index contributed by atoms with van der Waals surface area (Å²) in [5, 5.41) is 6.80. The van der Waals surface area contributed by atoms with Crippen LogP contribution in [0.2, 0.25) is 0 Å². The molecule has 0 amide bonds. The molecule has 0 N–H and O–H groups in total. The van der Waals surface area contributed by atoms with Crippen molar-refractivity contribution in [2.45, 2.75) is 0 Å². The summed E-state index contributed by atoms with van der Waals surface area (Å²) in [7, 11) is 0. The highest BCUT2D eigenvalue weighted by Crippen LogP contribution is 2.44. The summed E-state index contributed by atoms with van der Waals surface area (Å²) < 4.78 is 4.90. The Kier molecular flexibility index (Phi) is 9.74. The number of para-hydroxylation sites is 6. The molecule has 0 aliphatic rings. The van der Waals surface area contributed by atoms with Crippen molar-refractivity contribution in [3.05, 3.63) is 267 Å². The number of benzene rings is 10. The molecule has 0 saturated carbocycles. The topological polar surface area (TPSA) is 42.1 Å². The van der Waals surface area contributed by atoms with Crippen molar-refractivity contribution in [2.24, 2.45) is 0 Å². The highest BCUT2D eigenvalue weighted by molar-refractivity contribution is 6.14. The average molecular weight is 921 g/mol. The largest absolute Gasteiger partial charge is 0.310 e. The summed E-state index contributed by atoms with van der Waals surface area (Å²) in [6.07, 6.45) is 3.72. The lowest BCUT2D eigenvalue weighted by atomic mass is 9.96. The maximum atomic E-state index is 4.96. The molecule has 0 unspecified atom stereocenters. The van der Waals surface area contributed by atoms with Crippen molar-refractivity contribution in [3.63, 3.8) is 0 Å². The van der Waals surface area contributed by atoms with E-state index in [0.717, 1.165) is 100 Å². The van der Waals surface area contributed by atoms with E-state index in [2.05, 4.69) is 262 Å². The van der Waals surface area contributed by atoms with Crippen LogP contribution in [0.3, 0.4) is 0 Å². The predicted octanol–water partition coefficient (Wildman–Crippen LogP) is 17.6. The van der Waals surface area contributed by atoms with Gasteiger partial charge in [-0.25, -0.2) is 0 Å². The van der Waals surface area contributed by atoms with Crippen molar-refractivity contribution in [3.8, 4) is 22.5 Å². The van der Waals surface area contributed by atoms with Crippen LogP contribution in [0.5, 0.6) is 0 Å². The Morgan fingerprint density at radius 1 is 0.278 bits per heavy atom.